The Kier molecular flexibility index (Phi) is 4.11. The van der Waals surface area contributed by atoms with Crippen LogP contribution in [0.1, 0.15) is 10.6 Å². The summed E-state index contributed by atoms with van der Waals surface area (Å²) >= 11 is 0. The zero-order valence-electron chi connectivity index (χ0n) is 12.4. The Bertz CT molecular complexity index is 655. The number of hydrogen-bond acceptors (Lipinski definition) is 4. The summed E-state index contributed by atoms with van der Waals surface area (Å²) in [5.74, 6) is -0.119. The van der Waals surface area contributed by atoms with Crippen molar-refractivity contribution in [3.8, 4) is 0 Å². The summed E-state index contributed by atoms with van der Waals surface area (Å²) in [6, 6.07) is 9.14. The van der Waals surface area contributed by atoms with Gasteiger partial charge in [-0.3, -0.25) is 9.59 Å². The lowest BCUT2D eigenvalue weighted by Crippen LogP contribution is -2.46. The Hall–Kier alpha value is -2.34. The van der Waals surface area contributed by atoms with Crippen molar-refractivity contribution in [1.29, 1.82) is 0 Å². The number of morpholine rings is 1. The van der Waals surface area contributed by atoms with E-state index in [0.717, 1.165) is 5.39 Å². The number of likely N-dealkylation sites (N-methyl/N-ethyl adjacent to an activating group) is 1. The second kappa shape index (κ2) is 6.19. The molecule has 0 atom stereocenters. The predicted octanol–water partition coefficient (Wildman–Crippen LogP) is 1.36. The monoisotopic (exact) mass is 302 g/mol. The van der Waals surface area contributed by atoms with Crippen molar-refractivity contribution >= 4 is 22.8 Å². The van der Waals surface area contributed by atoms with E-state index in [1.807, 2.05) is 24.3 Å². The van der Waals surface area contributed by atoms with Gasteiger partial charge in [0.25, 0.3) is 5.91 Å². The number of hydrogen-bond donors (Lipinski definition) is 0. The van der Waals surface area contributed by atoms with Gasteiger partial charge in [-0.2, -0.15) is 0 Å². The smallest absolute Gasteiger partial charge is 0.289 e. The van der Waals surface area contributed by atoms with Gasteiger partial charge in [0.15, 0.2) is 5.76 Å². The Labute approximate surface area is 128 Å². The summed E-state index contributed by atoms with van der Waals surface area (Å²) in [5, 5.41) is 0.874. The fourth-order valence-corrected chi connectivity index (χ4v) is 2.46. The van der Waals surface area contributed by atoms with E-state index in [2.05, 4.69) is 0 Å². The number of carbonyl (C=O) groups is 2. The van der Waals surface area contributed by atoms with Crippen molar-refractivity contribution in [3.63, 3.8) is 0 Å². The number of fused-ring (bicyclic) bond motifs is 1. The molecule has 1 fully saturated rings. The maximum Gasteiger partial charge on any atom is 0.289 e. The first-order valence-electron chi connectivity index (χ1n) is 7.25. The van der Waals surface area contributed by atoms with Gasteiger partial charge in [0, 0.05) is 25.5 Å². The SMILES string of the molecule is CN(CC(=O)N1CCOCC1)C(=O)c1cc2ccccc2o1. The van der Waals surface area contributed by atoms with Crippen molar-refractivity contribution in [1.82, 2.24) is 9.80 Å². The van der Waals surface area contributed by atoms with Gasteiger partial charge in [0.1, 0.15) is 5.58 Å². The lowest BCUT2D eigenvalue weighted by molar-refractivity contribution is -0.135. The number of nitrogens with zero attached hydrogens (tertiary/aromatic N) is 2. The molecule has 1 aliphatic heterocycles. The highest BCUT2D eigenvalue weighted by molar-refractivity contribution is 5.97. The molecule has 0 N–H and O–H groups in total. The normalized spacial score (nSPS) is 15.0. The molecule has 0 saturated carbocycles. The summed E-state index contributed by atoms with van der Waals surface area (Å²) in [5.41, 5.74) is 0.666. The topological polar surface area (TPSA) is 63.0 Å². The van der Waals surface area contributed by atoms with Crippen LogP contribution < -0.4 is 0 Å². The average molecular weight is 302 g/mol. The molecule has 6 heteroatoms. The maximum atomic E-state index is 12.4. The Morgan fingerprint density at radius 1 is 1.23 bits per heavy atom. The van der Waals surface area contributed by atoms with Crippen molar-refractivity contribution in [2.75, 3.05) is 39.9 Å². The molecule has 2 amide bonds. The van der Waals surface area contributed by atoms with Crippen LogP contribution in [-0.2, 0) is 9.53 Å². The van der Waals surface area contributed by atoms with E-state index in [1.165, 1.54) is 4.90 Å². The second-order valence-corrected chi connectivity index (χ2v) is 5.30. The second-order valence-electron chi connectivity index (χ2n) is 5.30. The first-order valence-corrected chi connectivity index (χ1v) is 7.25. The Balaban J connectivity index is 1.67. The number of amides is 2. The van der Waals surface area contributed by atoms with Gasteiger partial charge in [-0.05, 0) is 12.1 Å². The minimum atomic E-state index is -0.294. The molecule has 6 nitrogen and oxygen atoms in total. The summed E-state index contributed by atoms with van der Waals surface area (Å²) < 4.78 is 10.8. The minimum Gasteiger partial charge on any atom is -0.451 e. The molecule has 22 heavy (non-hydrogen) atoms. The fraction of sp³-hybridized carbons (Fsp3) is 0.375. The summed E-state index contributed by atoms with van der Waals surface area (Å²) in [6.07, 6.45) is 0. The molecule has 1 saturated heterocycles. The quantitative estimate of drug-likeness (QED) is 0.859. The lowest BCUT2D eigenvalue weighted by Gasteiger charge is -2.28. The van der Waals surface area contributed by atoms with E-state index in [1.54, 1.807) is 18.0 Å². The van der Waals surface area contributed by atoms with Gasteiger partial charge in [0.2, 0.25) is 5.91 Å². The van der Waals surface area contributed by atoms with Crippen molar-refractivity contribution in [2.24, 2.45) is 0 Å². The predicted molar refractivity (Wildman–Crippen MR) is 80.6 cm³/mol. The summed E-state index contributed by atoms with van der Waals surface area (Å²) in [6.45, 7) is 2.28. The summed E-state index contributed by atoms with van der Waals surface area (Å²) in [4.78, 5) is 27.6. The molecule has 1 aromatic carbocycles. The minimum absolute atomic E-state index is 0.0376. The molecule has 2 aromatic rings. The average Bonchev–Trinajstić information content (AvgIpc) is 2.98. The third-order valence-corrected chi connectivity index (χ3v) is 3.72. The van der Waals surface area contributed by atoms with E-state index in [4.69, 9.17) is 9.15 Å². The van der Waals surface area contributed by atoms with E-state index in [0.29, 0.717) is 31.9 Å². The Morgan fingerprint density at radius 3 is 2.68 bits per heavy atom. The van der Waals surface area contributed by atoms with Crippen molar-refractivity contribution in [2.45, 2.75) is 0 Å². The van der Waals surface area contributed by atoms with Crippen molar-refractivity contribution < 1.29 is 18.7 Å². The van der Waals surface area contributed by atoms with E-state index in [-0.39, 0.29) is 24.1 Å². The van der Waals surface area contributed by atoms with Gasteiger partial charge in [-0.25, -0.2) is 0 Å². The molecule has 0 unspecified atom stereocenters. The van der Waals surface area contributed by atoms with Crippen LogP contribution in [0.5, 0.6) is 0 Å². The highest BCUT2D eigenvalue weighted by atomic mass is 16.5. The van der Waals surface area contributed by atoms with Crippen LogP contribution in [0, 0.1) is 0 Å². The molecular weight excluding hydrogens is 284 g/mol. The number of benzene rings is 1. The first-order chi connectivity index (χ1) is 10.6. The molecule has 0 spiro atoms. The standard InChI is InChI=1S/C16H18N2O4/c1-17(11-15(19)18-6-8-21-9-7-18)16(20)14-10-12-4-2-3-5-13(12)22-14/h2-5,10H,6-9,11H2,1H3. The molecule has 116 valence electrons. The number of furan rings is 1. The molecule has 0 aliphatic carbocycles. The summed E-state index contributed by atoms with van der Waals surface area (Å²) in [7, 11) is 1.61. The zero-order chi connectivity index (χ0) is 15.5. The van der Waals surface area contributed by atoms with E-state index >= 15 is 0 Å². The number of rotatable bonds is 3. The molecule has 1 aromatic heterocycles. The van der Waals surface area contributed by atoms with Crippen LogP contribution in [0.2, 0.25) is 0 Å². The van der Waals surface area contributed by atoms with E-state index in [9.17, 15) is 9.59 Å². The van der Waals surface area contributed by atoms with Gasteiger partial charge in [-0.1, -0.05) is 18.2 Å². The van der Waals surface area contributed by atoms with Crippen LogP contribution in [-0.4, -0.2) is 61.5 Å². The largest absolute Gasteiger partial charge is 0.451 e. The van der Waals surface area contributed by atoms with Crippen LogP contribution in [0.3, 0.4) is 0 Å². The fourth-order valence-electron chi connectivity index (χ4n) is 2.46. The lowest BCUT2D eigenvalue weighted by atomic mass is 10.2. The molecule has 2 heterocycles. The number of para-hydroxylation sites is 1. The zero-order valence-corrected chi connectivity index (χ0v) is 12.4. The Morgan fingerprint density at radius 2 is 1.95 bits per heavy atom. The van der Waals surface area contributed by atoms with Crippen LogP contribution >= 0.6 is 0 Å². The van der Waals surface area contributed by atoms with Gasteiger partial charge in [-0.15, -0.1) is 0 Å². The maximum absolute atomic E-state index is 12.4. The van der Waals surface area contributed by atoms with Crippen LogP contribution in [0.15, 0.2) is 34.7 Å². The molecule has 0 bridgehead atoms. The van der Waals surface area contributed by atoms with Gasteiger partial charge in [0.05, 0.1) is 19.8 Å². The first kappa shape index (κ1) is 14.6. The van der Waals surface area contributed by atoms with Gasteiger partial charge >= 0.3 is 0 Å². The molecule has 3 rings (SSSR count). The van der Waals surface area contributed by atoms with E-state index < -0.39 is 0 Å². The van der Waals surface area contributed by atoms with Crippen LogP contribution in [0.25, 0.3) is 11.0 Å². The highest BCUT2D eigenvalue weighted by Crippen LogP contribution is 2.19. The third kappa shape index (κ3) is 2.96. The van der Waals surface area contributed by atoms with Crippen molar-refractivity contribution in [3.05, 3.63) is 36.1 Å². The van der Waals surface area contributed by atoms with Gasteiger partial charge < -0.3 is 19.0 Å². The number of carbonyl (C=O) groups excluding carboxylic acids is 2. The molecular formula is C16H18N2O4. The van der Waals surface area contributed by atoms with Crippen LogP contribution in [0.4, 0.5) is 0 Å². The third-order valence-electron chi connectivity index (χ3n) is 3.72. The molecule has 0 radical (unpaired) electrons. The highest BCUT2D eigenvalue weighted by Gasteiger charge is 2.22. The number of ether oxygens (including phenoxy) is 1. The molecule has 1 aliphatic rings.